The Bertz CT molecular complexity index is 537. The maximum Gasteiger partial charge on any atom is 0.294 e. The number of benzene rings is 1. The average Bonchev–Trinajstić information content (AvgIpc) is 2.89. The van der Waals surface area contributed by atoms with Gasteiger partial charge in [0, 0.05) is 10.9 Å². The third-order valence-electron chi connectivity index (χ3n) is 2.27. The van der Waals surface area contributed by atoms with Crippen LogP contribution in [0.5, 0.6) is 5.75 Å². The van der Waals surface area contributed by atoms with E-state index in [0.29, 0.717) is 5.69 Å². The summed E-state index contributed by atoms with van der Waals surface area (Å²) in [7, 11) is 3.00. The topological polar surface area (TPSA) is 60.5 Å². The molecule has 0 bridgehead atoms. The lowest BCUT2D eigenvalue weighted by molar-refractivity contribution is 0.0533. The smallest absolute Gasteiger partial charge is 0.294 e. The standard InChI is InChI=1S/C12H12N2O3S/c1-16-9-5-3-8(4-6-9)12-13-10(7-18-12)11(15)14-17-2/h3-7H,1-2H3,(H,14,15). The summed E-state index contributed by atoms with van der Waals surface area (Å²) in [5, 5.41) is 2.47. The SMILES string of the molecule is CONC(=O)c1csc(-c2ccc(OC)cc2)n1. The van der Waals surface area contributed by atoms with Crippen molar-refractivity contribution in [3.8, 4) is 16.3 Å². The summed E-state index contributed by atoms with van der Waals surface area (Å²) in [6.45, 7) is 0. The van der Waals surface area contributed by atoms with Crippen LogP contribution in [0.1, 0.15) is 10.5 Å². The van der Waals surface area contributed by atoms with Gasteiger partial charge in [0.1, 0.15) is 16.5 Å². The molecule has 0 unspecified atom stereocenters. The fourth-order valence-corrected chi connectivity index (χ4v) is 2.20. The lowest BCUT2D eigenvalue weighted by Crippen LogP contribution is -2.21. The van der Waals surface area contributed by atoms with Gasteiger partial charge in [-0.2, -0.15) is 0 Å². The molecule has 1 N–H and O–H groups in total. The van der Waals surface area contributed by atoms with Crippen molar-refractivity contribution in [2.75, 3.05) is 14.2 Å². The second-order valence-corrected chi connectivity index (χ2v) is 4.26. The molecular formula is C12H12N2O3S. The number of aromatic nitrogens is 1. The summed E-state index contributed by atoms with van der Waals surface area (Å²) in [5.74, 6) is 0.432. The fraction of sp³-hybridized carbons (Fsp3) is 0.167. The van der Waals surface area contributed by atoms with Crippen LogP contribution in [0.15, 0.2) is 29.6 Å². The minimum atomic E-state index is -0.353. The third kappa shape index (κ3) is 2.66. The molecule has 18 heavy (non-hydrogen) atoms. The predicted molar refractivity (Wildman–Crippen MR) is 68.6 cm³/mol. The molecule has 0 saturated carbocycles. The second-order valence-electron chi connectivity index (χ2n) is 3.40. The zero-order chi connectivity index (χ0) is 13.0. The van der Waals surface area contributed by atoms with E-state index in [1.807, 2.05) is 24.3 Å². The van der Waals surface area contributed by atoms with Gasteiger partial charge in [-0.1, -0.05) is 0 Å². The Morgan fingerprint density at radius 1 is 1.28 bits per heavy atom. The van der Waals surface area contributed by atoms with Crippen molar-refractivity contribution in [3.63, 3.8) is 0 Å². The Balaban J connectivity index is 2.20. The number of rotatable bonds is 4. The summed E-state index contributed by atoms with van der Waals surface area (Å²) in [6, 6.07) is 7.50. The summed E-state index contributed by atoms with van der Waals surface area (Å²) >= 11 is 1.40. The molecule has 0 aliphatic carbocycles. The van der Waals surface area contributed by atoms with E-state index in [-0.39, 0.29) is 5.91 Å². The molecule has 5 nitrogen and oxygen atoms in total. The second kappa shape index (κ2) is 5.61. The van der Waals surface area contributed by atoms with E-state index in [1.165, 1.54) is 18.4 Å². The van der Waals surface area contributed by atoms with Gasteiger partial charge >= 0.3 is 0 Å². The Morgan fingerprint density at radius 3 is 2.61 bits per heavy atom. The normalized spacial score (nSPS) is 10.1. The summed E-state index contributed by atoms with van der Waals surface area (Å²) in [6.07, 6.45) is 0. The molecule has 2 rings (SSSR count). The van der Waals surface area contributed by atoms with Crippen molar-refractivity contribution >= 4 is 17.2 Å². The predicted octanol–water partition coefficient (Wildman–Crippen LogP) is 2.11. The molecule has 1 heterocycles. The summed E-state index contributed by atoms with van der Waals surface area (Å²) in [5.41, 5.74) is 3.51. The number of carbonyl (C=O) groups is 1. The number of hydrogen-bond donors (Lipinski definition) is 1. The van der Waals surface area contributed by atoms with Crippen molar-refractivity contribution in [2.45, 2.75) is 0 Å². The summed E-state index contributed by atoms with van der Waals surface area (Å²) in [4.78, 5) is 20.3. The van der Waals surface area contributed by atoms with E-state index in [4.69, 9.17) is 4.74 Å². The van der Waals surface area contributed by atoms with E-state index >= 15 is 0 Å². The monoisotopic (exact) mass is 264 g/mol. The molecule has 0 spiro atoms. The van der Waals surface area contributed by atoms with Gasteiger partial charge in [0.05, 0.1) is 14.2 Å². The fourth-order valence-electron chi connectivity index (χ4n) is 1.39. The first-order valence-corrected chi connectivity index (χ1v) is 6.06. The number of amides is 1. The van der Waals surface area contributed by atoms with Gasteiger partial charge in [0.25, 0.3) is 5.91 Å². The van der Waals surface area contributed by atoms with Crippen LogP contribution in [0, 0.1) is 0 Å². The molecule has 1 aromatic carbocycles. The lowest BCUT2D eigenvalue weighted by atomic mass is 10.2. The number of nitrogens with one attached hydrogen (secondary N) is 1. The molecule has 0 aliphatic heterocycles. The van der Waals surface area contributed by atoms with Crippen molar-refractivity contribution in [3.05, 3.63) is 35.3 Å². The third-order valence-corrected chi connectivity index (χ3v) is 3.16. The van der Waals surface area contributed by atoms with Crippen molar-refractivity contribution < 1.29 is 14.4 Å². The van der Waals surface area contributed by atoms with E-state index < -0.39 is 0 Å². The quantitative estimate of drug-likeness (QED) is 0.859. The van der Waals surface area contributed by atoms with Gasteiger partial charge < -0.3 is 4.74 Å². The van der Waals surface area contributed by atoms with Crippen molar-refractivity contribution in [1.82, 2.24) is 10.5 Å². The van der Waals surface area contributed by atoms with Crippen LogP contribution in [0.25, 0.3) is 10.6 Å². The van der Waals surface area contributed by atoms with Gasteiger partial charge in [0.15, 0.2) is 0 Å². The Morgan fingerprint density at radius 2 is 2.00 bits per heavy atom. The van der Waals surface area contributed by atoms with Crippen LogP contribution in [0.2, 0.25) is 0 Å². The number of hydroxylamine groups is 1. The molecule has 94 valence electrons. The molecule has 0 saturated heterocycles. The minimum absolute atomic E-state index is 0.340. The Labute approximate surface area is 108 Å². The number of methoxy groups -OCH3 is 1. The first kappa shape index (κ1) is 12.5. The van der Waals surface area contributed by atoms with Gasteiger partial charge in [-0.25, -0.2) is 10.5 Å². The van der Waals surface area contributed by atoms with Crippen LogP contribution < -0.4 is 10.2 Å². The first-order valence-electron chi connectivity index (χ1n) is 5.18. The highest BCUT2D eigenvalue weighted by Crippen LogP contribution is 2.25. The molecule has 0 fully saturated rings. The van der Waals surface area contributed by atoms with Crippen LogP contribution in [0.3, 0.4) is 0 Å². The lowest BCUT2D eigenvalue weighted by Gasteiger charge is -2.00. The van der Waals surface area contributed by atoms with Gasteiger partial charge in [-0.3, -0.25) is 9.63 Å². The molecule has 2 aromatic rings. The largest absolute Gasteiger partial charge is 0.497 e. The number of ether oxygens (including phenoxy) is 1. The van der Waals surface area contributed by atoms with Crippen LogP contribution in [-0.4, -0.2) is 25.1 Å². The minimum Gasteiger partial charge on any atom is -0.497 e. The van der Waals surface area contributed by atoms with Gasteiger partial charge in [0.2, 0.25) is 0 Å². The summed E-state index contributed by atoms with van der Waals surface area (Å²) < 4.78 is 5.08. The highest BCUT2D eigenvalue weighted by atomic mass is 32.1. The zero-order valence-electron chi connectivity index (χ0n) is 9.97. The van der Waals surface area contributed by atoms with Crippen LogP contribution >= 0.6 is 11.3 Å². The Hall–Kier alpha value is -1.92. The first-order chi connectivity index (χ1) is 8.74. The highest BCUT2D eigenvalue weighted by molar-refractivity contribution is 7.13. The molecule has 0 atom stereocenters. The number of carbonyl (C=O) groups excluding carboxylic acids is 1. The van der Waals surface area contributed by atoms with E-state index in [2.05, 4.69) is 15.3 Å². The molecule has 0 radical (unpaired) electrons. The van der Waals surface area contributed by atoms with E-state index in [0.717, 1.165) is 16.3 Å². The van der Waals surface area contributed by atoms with Gasteiger partial charge in [-0.05, 0) is 24.3 Å². The van der Waals surface area contributed by atoms with E-state index in [9.17, 15) is 4.79 Å². The van der Waals surface area contributed by atoms with Crippen molar-refractivity contribution in [1.29, 1.82) is 0 Å². The molecule has 6 heteroatoms. The zero-order valence-corrected chi connectivity index (χ0v) is 10.8. The number of hydrogen-bond acceptors (Lipinski definition) is 5. The van der Waals surface area contributed by atoms with E-state index in [1.54, 1.807) is 12.5 Å². The van der Waals surface area contributed by atoms with Crippen LogP contribution in [0.4, 0.5) is 0 Å². The molecular weight excluding hydrogens is 252 g/mol. The Kier molecular flexibility index (Phi) is 3.91. The number of nitrogens with zero attached hydrogens (tertiary/aromatic N) is 1. The average molecular weight is 264 g/mol. The maximum atomic E-state index is 11.5. The molecule has 1 aromatic heterocycles. The molecule has 0 aliphatic rings. The van der Waals surface area contributed by atoms with Crippen LogP contribution in [-0.2, 0) is 4.84 Å². The molecule has 1 amide bonds. The number of thiazole rings is 1. The van der Waals surface area contributed by atoms with Crippen molar-refractivity contribution in [2.24, 2.45) is 0 Å². The van der Waals surface area contributed by atoms with Gasteiger partial charge in [-0.15, -0.1) is 11.3 Å². The maximum absolute atomic E-state index is 11.5. The highest BCUT2D eigenvalue weighted by Gasteiger charge is 2.11.